The minimum atomic E-state index is 0.0252. The predicted molar refractivity (Wildman–Crippen MR) is 72.9 cm³/mol. The molecule has 0 aromatic carbocycles. The highest BCUT2D eigenvalue weighted by molar-refractivity contribution is 6.31. The van der Waals surface area contributed by atoms with Crippen LogP contribution in [0.3, 0.4) is 0 Å². The van der Waals surface area contributed by atoms with Crippen molar-refractivity contribution in [2.45, 2.75) is 33.6 Å². The van der Waals surface area contributed by atoms with Gasteiger partial charge in [-0.3, -0.25) is 4.79 Å². The number of hydrogen-bond donors (Lipinski definition) is 2. The van der Waals surface area contributed by atoms with Gasteiger partial charge in [0.2, 0.25) is 5.91 Å². The Morgan fingerprint density at radius 1 is 1.22 bits per heavy atom. The van der Waals surface area contributed by atoms with E-state index in [1.807, 2.05) is 20.8 Å². The molecule has 1 aromatic rings. The molecule has 2 N–H and O–H groups in total. The number of anilines is 1. The van der Waals surface area contributed by atoms with E-state index in [0.29, 0.717) is 30.5 Å². The number of amides is 1. The molecule has 1 amide bonds. The highest BCUT2D eigenvalue weighted by atomic mass is 35.5. The molecule has 100 valence electrons. The van der Waals surface area contributed by atoms with Gasteiger partial charge in [-0.1, -0.05) is 18.5 Å². The number of carbonyl (C=O) groups excluding carboxylic acids is 1. The van der Waals surface area contributed by atoms with Gasteiger partial charge in [-0.2, -0.15) is 0 Å². The fraction of sp³-hybridized carbons (Fsp3) is 0.583. The Morgan fingerprint density at radius 3 is 2.56 bits per heavy atom. The summed E-state index contributed by atoms with van der Waals surface area (Å²) in [5.74, 6) is 0.556. The molecule has 18 heavy (non-hydrogen) atoms. The molecule has 0 saturated carbocycles. The van der Waals surface area contributed by atoms with Gasteiger partial charge in [0.15, 0.2) is 11.0 Å². The third kappa shape index (κ3) is 4.49. The zero-order valence-electron chi connectivity index (χ0n) is 11.0. The number of nitrogens with one attached hydrogen (secondary N) is 2. The summed E-state index contributed by atoms with van der Waals surface area (Å²) in [6.07, 6.45) is 1.33. The fourth-order valence-corrected chi connectivity index (χ4v) is 1.57. The predicted octanol–water partition coefficient (Wildman–Crippen LogP) is 2.08. The van der Waals surface area contributed by atoms with Gasteiger partial charge in [-0.05, 0) is 20.3 Å². The van der Waals surface area contributed by atoms with Gasteiger partial charge in [-0.15, -0.1) is 0 Å². The van der Waals surface area contributed by atoms with Gasteiger partial charge in [-0.25, -0.2) is 9.97 Å². The van der Waals surface area contributed by atoms with Crippen LogP contribution in [0.2, 0.25) is 5.15 Å². The maximum atomic E-state index is 11.4. The Bertz CT molecular complexity index is 423. The first-order valence-electron chi connectivity index (χ1n) is 6.06. The quantitative estimate of drug-likeness (QED) is 0.831. The van der Waals surface area contributed by atoms with Crippen molar-refractivity contribution in [1.82, 2.24) is 15.3 Å². The zero-order chi connectivity index (χ0) is 13.5. The van der Waals surface area contributed by atoms with Crippen LogP contribution in [0.25, 0.3) is 0 Å². The van der Waals surface area contributed by atoms with E-state index in [1.165, 1.54) is 0 Å². The molecule has 1 heterocycles. The van der Waals surface area contributed by atoms with Gasteiger partial charge in [0.05, 0.1) is 11.4 Å². The van der Waals surface area contributed by atoms with Gasteiger partial charge in [0, 0.05) is 19.5 Å². The summed E-state index contributed by atoms with van der Waals surface area (Å²) in [5, 5.41) is 6.17. The van der Waals surface area contributed by atoms with E-state index in [-0.39, 0.29) is 5.91 Å². The second-order valence-corrected chi connectivity index (χ2v) is 4.42. The Hall–Kier alpha value is -1.36. The number of halogens is 1. The summed E-state index contributed by atoms with van der Waals surface area (Å²) >= 11 is 5.96. The third-order valence-corrected chi connectivity index (χ3v) is 2.74. The van der Waals surface area contributed by atoms with E-state index in [1.54, 1.807) is 0 Å². The van der Waals surface area contributed by atoms with Crippen molar-refractivity contribution in [2.75, 3.05) is 18.4 Å². The van der Waals surface area contributed by atoms with Crippen LogP contribution < -0.4 is 10.6 Å². The van der Waals surface area contributed by atoms with Crippen LogP contribution in [0.1, 0.15) is 31.2 Å². The lowest BCUT2D eigenvalue weighted by Gasteiger charge is -2.09. The largest absolute Gasteiger partial charge is 0.367 e. The molecule has 0 unspecified atom stereocenters. The Balaban J connectivity index is 2.44. The molecule has 5 nitrogen and oxygen atoms in total. The van der Waals surface area contributed by atoms with E-state index in [0.717, 1.165) is 17.8 Å². The average molecular weight is 271 g/mol. The van der Waals surface area contributed by atoms with Gasteiger partial charge in [0.1, 0.15) is 0 Å². The van der Waals surface area contributed by atoms with Gasteiger partial charge in [0.25, 0.3) is 0 Å². The minimum Gasteiger partial charge on any atom is -0.367 e. The Labute approximate surface area is 112 Å². The molecule has 6 heteroatoms. The molecule has 0 fully saturated rings. The summed E-state index contributed by atoms with van der Waals surface area (Å²) in [4.78, 5) is 19.8. The first-order chi connectivity index (χ1) is 8.54. The molecule has 0 aliphatic rings. The average Bonchev–Trinajstić information content (AvgIpc) is 2.33. The highest BCUT2D eigenvalue weighted by Crippen LogP contribution is 2.18. The van der Waals surface area contributed by atoms with Crippen LogP contribution >= 0.6 is 11.6 Å². The maximum absolute atomic E-state index is 11.4. The lowest BCUT2D eigenvalue weighted by atomic mass is 10.3. The van der Waals surface area contributed by atoms with Crippen molar-refractivity contribution in [1.29, 1.82) is 0 Å². The van der Waals surface area contributed by atoms with Gasteiger partial charge < -0.3 is 10.6 Å². The number of hydrogen-bond acceptors (Lipinski definition) is 4. The van der Waals surface area contributed by atoms with Crippen molar-refractivity contribution in [3.63, 3.8) is 0 Å². The molecule has 0 bridgehead atoms. The van der Waals surface area contributed by atoms with Crippen molar-refractivity contribution in [3.05, 3.63) is 16.5 Å². The molecule has 0 atom stereocenters. The number of carbonyl (C=O) groups is 1. The van der Waals surface area contributed by atoms with Crippen LogP contribution in [0.15, 0.2) is 0 Å². The summed E-state index contributed by atoms with van der Waals surface area (Å²) in [5.41, 5.74) is 1.64. The molecule has 0 aliphatic heterocycles. The van der Waals surface area contributed by atoms with E-state index in [9.17, 15) is 4.79 Å². The second-order valence-electron chi connectivity index (χ2n) is 4.06. The van der Waals surface area contributed by atoms with Crippen LogP contribution in [0.5, 0.6) is 0 Å². The van der Waals surface area contributed by atoms with Crippen molar-refractivity contribution >= 4 is 23.3 Å². The number of rotatable bonds is 6. The molecule has 0 saturated heterocycles. The van der Waals surface area contributed by atoms with E-state index < -0.39 is 0 Å². The minimum absolute atomic E-state index is 0.0252. The molecule has 1 aromatic heterocycles. The third-order valence-electron chi connectivity index (χ3n) is 2.48. The smallest absolute Gasteiger partial charge is 0.221 e. The summed E-state index contributed by atoms with van der Waals surface area (Å²) in [6.45, 7) is 6.95. The van der Waals surface area contributed by atoms with E-state index >= 15 is 0 Å². The Morgan fingerprint density at radius 2 is 1.89 bits per heavy atom. The standard InChI is InChI=1S/C12H19ClN4O/c1-4-6-14-10(18)5-7-15-12-11(13)16-8(2)9(3)17-12/h4-7H2,1-3H3,(H,14,18)(H,15,17). The van der Waals surface area contributed by atoms with Crippen molar-refractivity contribution in [2.24, 2.45) is 0 Å². The first-order valence-corrected chi connectivity index (χ1v) is 6.43. The van der Waals surface area contributed by atoms with Crippen LogP contribution in [-0.2, 0) is 4.79 Å². The zero-order valence-corrected chi connectivity index (χ0v) is 11.8. The number of aromatic nitrogens is 2. The lowest BCUT2D eigenvalue weighted by Crippen LogP contribution is -2.26. The Kier molecular flexibility index (Phi) is 5.85. The first kappa shape index (κ1) is 14.7. The topological polar surface area (TPSA) is 66.9 Å². The normalized spacial score (nSPS) is 10.2. The van der Waals surface area contributed by atoms with Crippen LogP contribution in [-0.4, -0.2) is 29.0 Å². The van der Waals surface area contributed by atoms with Crippen LogP contribution in [0.4, 0.5) is 5.82 Å². The fourth-order valence-electron chi connectivity index (χ4n) is 1.34. The van der Waals surface area contributed by atoms with Crippen molar-refractivity contribution in [3.8, 4) is 0 Å². The molecule has 1 rings (SSSR count). The van der Waals surface area contributed by atoms with Crippen LogP contribution in [0, 0.1) is 13.8 Å². The summed E-state index contributed by atoms with van der Waals surface area (Å²) in [6, 6.07) is 0. The molecule has 0 spiro atoms. The van der Waals surface area contributed by atoms with Gasteiger partial charge >= 0.3 is 0 Å². The van der Waals surface area contributed by atoms with E-state index in [2.05, 4.69) is 20.6 Å². The second kappa shape index (κ2) is 7.16. The highest BCUT2D eigenvalue weighted by Gasteiger charge is 2.07. The monoisotopic (exact) mass is 270 g/mol. The number of nitrogens with zero attached hydrogens (tertiary/aromatic N) is 2. The molecule has 0 aliphatic carbocycles. The van der Waals surface area contributed by atoms with E-state index in [4.69, 9.17) is 11.6 Å². The molecule has 0 radical (unpaired) electrons. The maximum Gasteiger partial charge on any atom is 0.221 e. The van der Waals surface area contributed by atoms with Crippen molar-refractivity contribution < 1.29 is 4.79 Å². The molecular weight excluding hydrogens is 252 g/mol. The molecular formula is C12H19ClN4O. The number of aryl methyl sites for hydroxylation is 2. The summed E-state index contributed by atoms with van der Waals surface area (Å²) < 4.78 is 0. The SMILES string of the molecule is CCCNC(=O)CCNc1nc(C)c(C)nc1Cl. The lowest BCUT2D eigenvalue weighted by molar-refractivity contribution is -0.120. The summed E-state index contributed by atoms with van der Waals surface area (Å²) in [7, 11) is 0.